The van der Waals surface area contributed by atoms with E-state index in [4.69, 9.17) is 33.7 Å². The Morgan fingerprint density at radius 3 is 2.39 bits per heavy atom. The summed E-state index contributed by atoms with van der Waals surface area (Å²) in [6.07, 6.45) is 0. The van der Waals surface area contributed by atoms with Gasteiger partial charge in [-0.2, -0.15) is 0 Å². The van der Waals surface area contributed by atoms with Crippen molar-refractivity contribution in [3.63, 3.8) is 0 Å². The summed E-state index contributed by atoms with van der Waals surface area (Å²) in [5.74, 6) is -0.530. The maximum absolute atomic E-state index is 12.5. The maximum Gasteiger partial charge on any atom is 0.260 e. The number of primary amides is 1. The number of amides is 2. The van der Waals surface area contributed by atoms with Crippen LogP contribution in [0.15, 0.2) is 42.5 Å². The van der Waals surface area contributed by atoms with Crippen molar-refractivity contribution in [1.82, 2.24) is 9.80 Å². The van der Waals surface area contributed by atoms with Crippen LogP contribution in [0.25, 0.3) is 0 Å². The Labute approximate surface area is 173 Å². The summed E-state index contributed by atoms with van der Waals surface area (Å²) >= 11 is 11.9. The second-order valence-electron chi connectivity index (χ2n) is 6.58. The molecule has 2 N–H and O–H groups in total. The molecule has 0 aliphatic carbocycles. The summed E-state index contributed by atoms with van der Waals surface area (Å²) in [6.45, 7) is 3.41. The lowest BCUT2D eigenvalue weighted by Crippen LogP contribution is -2.49. The molecular formula is C20H21Cl2N3O3. The molecule has 0 saturated carbocycles. The smallest absolute Gasteiger partial charge is 0.260 e. The fourth-order valence-corrected chi connectivity index (χ4v) is 3.49. The van der Waals surface area contributed by atoms with Crippen molar-refractivity contribution < 1.29 is 14.3 Å². The predicted molar refractivity (Wildman–Crippen MR) is 109 cm³/mol. The van der Waals surface area contributed by atoms with Crippen molar-refractivity contribution in [3.05, 3.63) is 63.6 Å². The zero-order valence-electron chi connectivity index (χ0n) is 15.2. The van der Waals surface area contributed by atoms with Crippen LogP contribution in [0.3, 0.4) is 0 Å². The fourth-order valence-electron chi connectivity index (χ4n) is 3.10. The first kappa shape index (κ1) is 20.5. The zero-order chi connectivity index (χ0) is 20.1. The van der Waals surface area contributed by atoms with Crippen LogP contribution in [0, 0.1) is 0 Å². The number of nitrogens with two attached hydrogens (primary N) is 1. The minimum atomic E-state index is -0.653. The molecule has 1 saturated heterocycles. The monoisotopic (exact) mass is 421 g/mol. The third-order valence-corrected chi connectivity index (χ3v) is 5.05. The van der Waals surface area contributed by atoms with Gasteiger partial charge in [-0.3, -0.25) is 14.5 Å². The van der Waals surface area contributed by atoms with Gasteiger partial charge in [-0.25, -0.2) is 0 Å². The lowest BCUT2D eigenvalue weighted by molar-refractivity contribution is -0.135. The quantitative estimate of drug-likeness (QED) is 0.777. The van der Waals surface area contributed by atoms with Crippen molar-refractivity contribution in [3.8, 4) is 5.75 Å². The van der Waals surface area contributed by atoms with E-state index in [2.05, 4.69) is 4.90 Å². The molecule has 0 aromatic heterocycles. The van der Waals surface area contributed by atoms with Crippen molar-refractivity contribution in [2.24, 2.45) is 5.73 Å². The average Bonchev–Trinajstić information content (AvgIpc) is 2.67. The Morgan fingerprint density at radius 2 is 1.71 bits per heavy atom. The van der Waals surface area contributed by atoms with E-state index in [0.717, 1.165) is 30.2 Å². The van der Waals surface area contributed by atoms with Gasteiger partial charge >= 0.3 is 0 Å². The van der Waals surface area contributed by atoms with Crippen molar-refractivity contribution in [2.75, 3.05) is 32.8 Å². The van der Waals surface area contributed by atoms with E-state index in [0.29, 0.717) is 18.1 Å². The Hall–Kier alpha value is -2.28. The molecule has 28 heavy (non-hydrogen) atoms. The molecule has 2 aromatic rings. The number of piperazine rings is 1. The van der Waals surface area contributed by atoms with Gasteiger partial charge < -0.3 is 15.4 Å². The van der Waals surface area contributed by atoms with E-state index in [1.807, 2.05) is 24.3 Å². The van der Waals surface area contributed by atoms with Crippen LogP contribution < -0.4 is 10.5 Å². The summed E-state index contributed by atoms with van der Waals surface area (Å²) in [4.78, 5) is 28.0. The topological polar surface area (TPSA) is 75.9 Å². The number of nitrogens with zero attached hydrogens (tertiary/aromatic N) is 2. The molecule has 0 unspecified atom stereocenters. The zero-order valence-corrected chi connectivity index (χ0v) is 16.7. The number of benzene rings is 2. The van der Waals surface area contributed by atoms with Crippen LogP contribution >= 0.6 is 23.2 Å². The molecule has 0 spiro atoms. The van der Waals surface area contributed by atoms with Crippen LogP contribution in [0.4, 0.5) is 0 Å². The highest BCUT2D eigenvalue weighted by molar-refractivity contribution is 6.31. The largest absolute Gasteiger partial charge is 0.483 e. The molecular weight excluding hydrogens is 401 g/mol. The number of rotatable bonds is 6. The Morgan fingerprint density at radius 1 is 1.00 bits per heavy atom. The van der Waals surface area contributed by atoms with Crippen molar-refractivity contribution >= 4 is 35.0 Å². The van der Waals surface area contributed by atoms with Crippen LogP contribution in [0.5, 0.6) is 5.75 Å². The number of halogens is 2. The number of carbonyl (C=O) groups excluding carboxylic acids is 2. The number of hydrogen-bond donors (Lipinski definition) is 1. The van der Waals surface area contributed by atoms with E-state index in [9.17, 15) is 9.59 Å². The number of hydrogen-bond acceptors (Lipinski definition) is 4. The van der Waals surface area contributed by atoms with E-state index in [1.54, 1.807) is 17.0 Å². The van der Waals surface area contributed by atoms with E-state index in [1.165, 1.54) is 6.07 Å². The molecule has 0 bridgehead atoms. The summed E-state index contributed by atoms with van der Waals surface area (Å²) in [5.41, 5.74) is 6.64. The summed E-state index contributed by atoms with van der Waals surface area (Å²) in [5, 5.41) is 1.10. The predicted octanol–water partition coefficient (Wildman–Crippen LogP) is 2.82. The van der Waals surface area contributed by atoms with Crippen LogP contribution in [-0.4, -0.2) is 54.4 Å². The standard InChI is InChI=1S/C20H21Cl2N3O3/c21-15-3-1-2-14(10-15)12-24-6-8-25(9-7-24)19(26)13-28-18-5-4-16(22)11-17(18)20(23)27/h1-5,10-11H,6-9,12-13H2,(H2,23,27). The molecule has 6 nitrogen and oxygen atoms in total. The Kier molecular flexibility index (Phi) is 6.78. The van der Waals surface area contributed by atoms with E-state index >= 15 is 0 Å². The van der Waals surface area contributed by atoms with Crippen molar-refractivity contribution in [1.29, 1.82) is 0 Å². The van der Waals surface area contributed by atoms with Gasteiger partial charge in [-0.1, -0.05) is 35.3 Å². The average molecular weight is 422 g/mol. The van der Waals surface area contributed by atoms with Gasteiger partial charge in [0, 0.05) is 42.8 Å². The molecule has 0 atom stereocenters. The normalized spacial score (nSPS) is 14.7. The highest BCUT2D eigenvalue weighted by Gasteiger charge is 2.22. The first-order valence-corrected chi connectivity index (χ1v) is 9.64. The minimum absolute atomic E-state index is 0.132. The third kappa shape index (κ3) is 5.38. The lowest BCUT2D eigenvalue weighted by atomic mass is 10.2. The molecule has 8 heteroatoms. The van der Waals surface area contributed by atoms with Crippen LogP contribution in [-0.2, 0) is 11.3 Å². The Balaban J connectivity index is 1.50. The third-order valence-electron chi connectivity index (χ3n) is 4.58. The molecule has 148 valence electrons. The lowest BCUT2D eigenvalue weighted by Gasteiger charge is -2.34. The van der Waals surface area contributed by atoms with Crippen LogP contribution in [0.1, 0.15) is 15.9 Å². The van der Waals surface area contributed by atoms with E-state index in [-0.39, 0.29) is 23.8 Å². The van der Waals surface area contributed by atoms with E-state index < -0.39 is 5.91 Å². The van der Waals surface area contributed by atoms with Gasteiger partial charge in [0.2, 0.25) is 0 Å². The molecule has 1 aliphatic heterocycles. The molecule has 2 aromatic carbocycles. The second-order valence-corrected chi connectivity index (χ2v) is 7.45. The minimum Gasteiger partial charge on any atom is -0.483 e. The second kappa shape index (κ2) is 9.28. The highest BCUT2D eigenvalue weighted by Crippen LogP contribution is 2.22. The number of ether oxygens (including phenoxy) is 1. The summed E-state index contributed by atoms with van der Waals surface area (Å²) in [7, 11) is 0. The Bertz CT molecular complexity index is 868. The molecule has 2 amide bonds. The maximum atomic E-state index is 12.5. The SMILES string of the molecule is NC(=O)c1cc(Cl)ccc1OCC(=O)N1CCN(Cc2cccc(Cl)c2)CC1. The first-order chi connectivity index (χ1) is 13.4. The highest BCUT2D eigenvalue weighted by atomic mass is 35.5. The fraction of sp³-hybridized carbons (Fsp3) is 0.300. The van der Waals surface area contributed by atoms with Gasteiger partial charge in [0.15, 0.2) is 6.61 Å². The van der Waals surface area contributed by atoms with Gasteiger partial charge in [0.1, 0.15) is 5.75 Å². The first-order valence-electron chi connectivity index (χ1n) is 8.89. The number of carbonyl (C=O) groups is 2. The van der Waals surface area contributed by atoms with Gasteiger partial charge in [0.25, 0.3) is 11.8 Å². The molecule has 1 heterocycles. The summed E-state index contributed by atoms with van der Waals surface area (Å²) in [6, 6.07) is 12.3. The van der Waals surface area contributed by atoms with Gasteiger partial charge in [0.05, 0.1) is 5.56 Å². The van der Waals surface area contributed by atoms with Gasteiger partial charge in [-0.15, -0.1) is 0 Å². The molecule has 3 rings (SSSR count). The molecule has 1 aliphatic rings. The van der Waals surface area contributed by atoms with Gasteiger partial charge in [-0.05, 0) is 35.9 Å². The van der Waals surface area contributed by atoms with Crippen molar-refractivity contribution in [2.45, 2.75) is 6.54 Å². The molecule has 1 fully saturated rings. The van der Waals surface area contributed by atoms with Crippen LogP contribution in [0.2, 0.25) is 10.0 Å². The summed E-state index contributed by atoms with van der Waals surface area (Å²) < 4.78 is 5.53. The molecule has 0 radical (unpaired) electrons.